The quantitative estimate of drug-likeness (QED) is 0.416. The van der Waals surface area contributed by atoms with Crippen molar-refractivity contribution in [1.82, 2.24) is 20.7 Å². The lowest BCUT2D eigenvalue weighted by atomic mass is 10.1. The number of rotatable bonds is 11. The Morgan fingerprint density at radius 2 is 1.57 bits per heavy atom. The van der Waals surface area contributed by atoms with Crippen molar-refractivity contribution in [3.63, 3.8) is 0 Å². The Kier molecular flexibility index (Phi) is 13.2. The number of carbonyl (C=O) groups is 3. The maximum absolute atomic E-state index is 13.2. The Balaban J connectivity index is 0.00000342. The molecule has 0 aromatic heterocycles. The second-order valence-electron chi connectivity index (χ2n) is 9.32. The summed E-state index contributed by atoms with van der Waals surface area (Å²) in [6.45, 7) is 10.1. The molecule has 1 aliphatic rings. The monoisotopic (exact) mass is 551 g/mol. The van der Waals surface area contributed by atoms with Gasteiger partial charge in [-0.15, -0.1) is 24.8 Å². The number of aryl methyl sites for hydroxylation is 1. The number of hydrazine groups is 1. The molecular weight excluding hydrogens is 513 g/mol. The predicted octanol–water partition coefficient (Wildman–Crippen LogP) is 3.35. The van der Waals surface area contributed by atoms with Gasteiger partial charge in [0.1, 0.15) is 0 Å². The lowest BCUT2D eigenvalue weighted by molar-refractivity contribution is -0.145. The van der Waals surface area contributed by atoms with E-state index in [2.05, 4.69) is 36.6 Å². The summed E-state index contributed by atoms with van der Waals surface area (Å²) in [6, 6.07) is 13.9. The first-order valence-electron chi connectivity index (χ1n) is 12.1. The zero-order valence-electron chi connectivity index (χ0n) is 22.2. The molecule has 1 aliphatic heterocycles. The number of hydrogen-bond acceptors (Lipinski definition) is 6. The molecule has 0 aliphatic carbocycles. The molecule has 37 heavy (non-hydrogen) atoms. The van der Waals surface area contributed by atoms with Crippen molar-refractivity contribution in [2.75, 3.05) is 38.1 Å². The lowest BCUT2D eigenvalue weighted by Gasteiger charge is -2.28. The normalized spacial score (nSPS) is 12.4. The van der Waals surface area contributed by atoms with E-state index in [1.807, 2.05) is 30.1 Å². The standard InChI is InChI=1S/C27H37N5O3.2ClH/c1-19(2)29-12-13-32(25-14-22(21(4)33)11-10-20(25)3)27(35)16-28-15-26(34)30(5)31-17-23-8-6-7-9-24(23)18-31;;/h6-11,14,19,28-29H,12-13,15-18H2,1-5H3;2*1H. The summed E-state index contributed by atoms with van der Waals surface area (Å²) >= 11 is 0. The average Bonchev–Trinajstić information content (AvgIpc) is 3.25. The number of nitrogens with one attached hydrogen (secondary N) is 2. The SMILES string of the molecule is CC(=O)c1ccc(C)c(N(CCNC(C)C)C(=O)CNCC(=O)N(C)N2Cc3ccccc3C2)c1.Cl.Cl. The van der Waals surface area contributed by atoms with Crippen molar-refractivity contribution in [3.8, 4) is 0 Å². The maximum atomic E-state index is 13.2. The van der Waals surface area contributed by atoms with E-state index in [9.17, 15) is 14.4 Å². The molecule has 2 aromatic rings. The second kappa shape index (κ2) is 15.1. The number of carbonyl (C=O) groups excluding carboxylic acids is 3. The van der Waals surface area contributed by atoms with Crippen LogP contribution in [0.25, 0.3) is 0 Å². The van der Waals surface area contributed by atoms with E-state index in [0.29, 0.717) is 43.5 Å². The average molecular weight is 553 g/mol. The van der Waals surface area contributed by atoms with Crippen molar-refractivity contribution < 1.29 is 14.4 Å². The number of fused-ring (bicyclic) bond motifs is 1. The van der Waals surface area contributed by atoms with Crippen molar-refractivity contribution in [2.45, 2.75) is 46.8 Å². The summed E-state index contributed by atoms with van der Waals surface area (Å²) in [5.74, 6) is -0.299. The number of likely N-dealkylation sites (N-methyl/N-ethyl adjacent to an activating group) is 1. The predicted molar refractivity (Wildman–Crippen MR) is 152 cm³/mol. The van der Waals surface area contributed by atoms with Gasteiger partial charge < -0.3 is 10.2 Å². The fourth-order valence-electron chi connectivity index (χ4n) is 4.13. The molecule has 0 bridgehead atoms. The molecule has 0 spiro atoms. The number of anilines is 1. The Labute approximate surface area is 232 Å². The molecule has 10 heteroatoms. The van der Waals surface area contributed by atoms with Crippen LogP contribution in [0.15, 0.2) is 42.5 Å². The van der Waals surface area contributed by atoms with Crippen LogP contribution < -0.4 is 15.5 Å². The van der Waals surface area contributed by atoms with Crippen molar-refractivity contribution >= 4 is 48.1 Å². The van der Waals surface area contributed by atoms with Gasteiger partial charge in [-0.05, 0) is 36.6 Å². The summed E-state index contributed by atoms with van der Waals surface area (Å²) < 4.78 is 0. The van der Waals surface area contributed by atoms with E-state index in [-0.39, 0.29) is 55.5 Å². The fraction of sp³-hybridized carbons (Fsp3) is 0.444. The number of amides is 2. The van der Waals surface area contributed by atoms with Crippen LogP contribution in [0.3, 0.4) is 0 Å². The molecule has 0 radical (unpaired) electrons. The number of benzene rings is 2. The van der Waals surface area contributed by atoms with Crippen LogP contribution in [-0.2, 0) is 22.7 Å². The minimum absolute atomic E-state index is 0. The van der Waals surface area contributed by atoms with Gasteiger partial charge >= 0.3 is 0 Å². The Hall–Kier alpha value is -2.49. The molecule has 204 valence electrons. The molecule has 1 heterocycles. The minimum atomic E-state index is -0.150. The molecule has 0 atom stereocenters. The third-order valence-electron chi connectivity index (χ3n) is 6.26. The molecule has 8 nitrogen and oxygen atoms in total. The summed E-state index contributed by atoms with van der Waals surface area (Å²) in [7, 11) is 1.76. The highest BCUT2D eigenvalue weighted by Gasteiger charge is 2.25. The minimum Gasteiger partial charge on any atom is -0.313 e. The lowest BCUT2D eigenvalue weighted by Crippen LogP contribution is -2.47. The summed E-state index contributed by atoms with van der Waals surface area (Å²) in [6.07, 6.45) is 0. The molecule has 0 unspecified atom stereocenters. The van der Waals surface area contributed by atoms with Gasteiger partial charge in [0.15, 0.2) is 5.78 Å². The van der Waals surface area contributed by atoms with Crippen LogP contribution in [0.4, 0.5) is 5.69 Å². The molecule has 2 aromatic carbocycles. The van der Waals surface area contributed by atoms with Crippen molar-refractivity contribution in [1.29, 1.82) is 0 Å². The van der Waals surface area contributed by atoms with Gasteiger partial charge in [-0.25, -0.2) is 5.01 Å². The van der Waals surface area contributed by atoms with Crippen LogP contribution in [0, 0.1) is 6.92 Å². The highest BCUT2D eigenvalue weighted by Crippen LogP contribution is 2.24. The van der Waals surface area contributed by atoms with Crippen molar-refractivity contribution in [2.24, 2.45) is 0 Å². The van der Waals surface area contributed by atoms with Crippen LogP contribution in [0.2, 0.25) is 0 Å². The number of halogens is 2. The highest BCUT2D eigenvalue weighted by atomic mass is 35.5. The van der Waals surface area contributed by atoms with Crippen LogP contribution >= 0.6 is 24.8 Å². The first-order chi connectivity index (χ1) is 16.7. The Morgan fingerprint density at radius 3 is 2.14 bits per heavy atom. The van der Waals surface area contributed by atoms with Gasteiger partial charge in [0.25, 0.3) is 5.91 Å². The zero-order valence-corrected chi connectivity index (χ0v) is 23.9. The molecule has 2 N–H and O–H groups in total. The van der Waals surface area contributed by atoms with E-state index < -0.39 is 0 Å². The van der Waals surface area contributed by atoms with Gasteiger partial charge in [-0.2, -0.15) is 0 Å². The zero-order chi connectivity index (χ0) is 25.5. The largest absolute Gasteiger partial charge is 0.313 e. The van der Waals surface area contributed by atoms with E-state index in [0.717, 1.165) is 5.56 Å². The molecule has 2 amide bonds. The highest BCUT2D eigenvalue weighted by molar-refractivity contribution is 5.99. The number of hydrogen-bond donors (Lipinski definition) is 2. The van der Waals surface area contributed by atoms with Crippen molar-refractivity contribution in [3.05, 3.63) is 64.7 Å². The summed E-state index contributed by atoms with van der Waals surface area (Å²) in [4.78, 5) is 39.6. The molecule has 3 rings (SSSR count). The number of Topliss-reactive ketones (excluding diaryl/α,β-unsaturated/α-hetero) is 1. The topological polar surface area (TPSA) is 85.0 Å². The third kappa shape index (κ3) is 8.79. The van der Waals surface area contributed by atoms with Gasteiger partial charge in [0, 0.05) is 50.5 Å². The summed E-state index contributed by atoms with van der Waals surface area (Å²) in [5, 5.41) is 9.98. The van der Waals surface area contributed by atoms with Gasteiger partial charge in [-0.3, -0.25) is 24.7 Å². The van der Waals surface area contributed by atoms with Gasteiger partial charge in [0.2, 0.25) is 5.91 Å². The van der Waals surface area contributed by atoms with Gasteiger partial charge in [-0.1, -0.05) is 50.2 Å². The van der Waals surface area contributed by atoms with E-state index in [1.165, 1.54) is 18.1 Å². The number of ketones is 1. The number of nitrogens with zero attached hydrogens (tertiary/aromatic N) is 3. The molecule has 0 saturated heterocycles. The first-order valence-corrected chi connectivity index (χ1v) is 12.1. The van der Waals surface area contributed by atoms with E-state index in [4.69, 9.17) is 0 Å². The maximum Gasteiger partial charge on any atom is 0.250 e. The molecule has 0 saturated carbocycles. The molecular formula is C27H39Cl2N5O3. The Morgan fingerprint density at radius 1 is 0.973 bits per heavy atom. The second-order valence-corrected chi connectivity index (χ2v) is 9.32. The van der Waals surface area contributed by atoms with E-state index in [1.54, 1.807) is 29.1 Å². The molecule has 0 fully saturated rings. The fourth-order valence-corrected chi connectivity index (χ4v) is 4.13. The first kappa shape index (κ1) is 32.5. The van der Waals surface area contributed by atoms with E-state index >= 15 is 0 Å². The van der Waals surface area contributed by atoms with Crippen LogP contribution in [0.5, 0.6) is 0 Å². The Bertz CT molecular complexity index is 1050. The van der Waals surface area contributed by atoms with Crippen LogP contribution in [0.1, 0.15) is 47.8 Å². The summed E-state index contributed by atoms with van der Waals surface area (Å²) in [5.41, 5.74) is 4.65. The smallest absolute Gasteiger partial charge is 0.250 e. The third-order valence-corrected chi connectivity index (χ3v) is 6.26. The van der Waals surface area contributed by atoms with Crippen LogP contribution in [-0.4, -0.2) is 66.9 Å². The van der Waals surface area contributed by atoms with Gasteiger partial charge in [0.05, 0.1) is 13.1 Å².